The minimum absolute atomic E-state index is 0.128. The highest BCUT2D eigenvalue weighted by Crippen LogP contribution is 2.31. The van der Waals surface area contributed by atoms with Crippen molar-refractivity contribution >= 4 is 44.6 Å². The van der Waals surface area contributed by atoms with Crippen molar-refractivity contribution in [2.45, 2.75) is 19.3 Å². The molecule has 0 bridgehead atoms. The molecule has 1 aliphatic heterocycles. The molecular weight excluding hydrogens is 384 g/mol. The van der Waals surface area contributed by atoms with Gasteiger partial charge in [-0.15, -0.1) is 0 Å². The number of benzene rings is 1. The van der Waals surface area contributed by atoms with Crippen LogP contribution in [0.1, 0.15) is 24.8 Å². The zero-order chi connectivity index (χ0) is 20.4. The Labute approximate surface area is 172 Å². The maximum absolute atomic E-state index is 12.3. The van der Waals surface area contributed by atoms with Gasteiger partial charge in [-0.1, -0.05) is 12.1 Å². The van der Waals surface area contributed by atoms with E-state index in [4.69, 9.17) is 16.1 Å². The molecule has 0 saturated carbocycles. The van der Waals surface area contributed by atoms with Crippen molar-refractivity contribution in [3.8, 4) is 11.3 Å². The highest BCUT2D eigenvalue weighted by Gasteiger charge is 2.21. The summed E-state index contributed by atoms with van der Waals surface area (Å²) in [6.45, 7) is 0.710. The van der Waals surface area contributed by atoms with E-state index in [9.17, 15) is 4.79 Å². The molecule has 29 heavy (non-hydrogen) atoms. The minimum atomic E-state index is 0.128. The van der Waals surface area contributed by atoms with Crippen LogP contribution in [0.2, 0.25) is 0 Å². The Kier molecular flexibility index (Phi) is 5.35. The van der Waals surface area contributed by atoms with Gasteiger partial charge in [-0.25, -0.2) is 4.98 Å². The zero-order valence-corrected chi connectivity index (χ0v) is 16.9. The molecule has 3 aromatic rings. The predicted molar refractivity (Wildman–Crippen MR) is 120 cm³/mol. The number of aromatic nitrogens is 2. The van der Waals surface area contributed by atoms with Crippen LogP contribution in [-0.2, 0) is 4.79 Å². The second-order valence-electron chi connectivity index (χ2n) is 6.84. The van der Waals surface area contributed by atoms with Crippen LogP contribution in [0.3, 0.4) is 0 Å². The number of nitrogens with zero attached hydrogens (tertiary/aromatic N) is 3. The van der Waals surface area contributed by atoms with E-state index in [2.05, 4.69) is 9.98 Å². The number of fused-ring (bicyclic) bond motifs is 1. The van der Waals surface area contributed by atoms with Crippen LogP contribution in [0.25, 0.3) is 22.2 Å². The summed E-state index contributed by atoms with van der Waals surface area (Å²) in [4.78, 5) is 26.0. The normalized spacial score (nSPS) is 15.1. The fraction of sp³-hybridized carbons (Fsp3) is 0.238. The van der Waals surface area contributed by atoms with Crippen LogP contribution < -0.4 is 10.6 Å². The molecule has 3 heterocycles. The van der Waals surface area contributed by atoms with E-state index in [1.807, 2.05) is 42.6 Å². The fourth-order valence-corrected chi connectivity index (χ4v) is 4.00. The van der Waals surface area contributed by atoms with Crippen LogP contribution in [0.4, 0.5) is 5.82 Å². The van der Waals surface area contributed by atoms with Gasteiger partial charge < -0.3 is 10.7 Å². The molecule has 0 radical (unpaired) electrons. The van der Waals surface area contributed by atoms with Crippen LogP contribution in [-0.4, -0.2) is 39.7 Å². The number of amidine groups is 1. The number of hydrogen-bond donors (Lipinski definition) is 3. The van der Waals surface area contributed by atoms with Crippen molar-refractivity contribution in [3.05, 3.63) is 48.2 Å². The highest BCUT2D eigenvalue weighted by atomic mass is 32.2. The number of H-pyrrole nitrogens is 1. The number of pyridine rings is 1. The number of nitrogens with one attached hydrogen (secondary N) is 2. The molecule has 4 rings (SSSR count). The molecule has 4 N–H and O–H groups in total. The lowest BCUT2D eigenvalue weighted by molar-refractivity contribution is -0.119. The molecule has 1 aromatic carbocycles. The number of amides is 1. The first kappa shape index (κ1) is 19.2. The van der Waals surface area contributed by atoms with Crippen LogP contribution in [0, 0.1) is 5.41 Å². The van der Waals surface area contributed by atoms with Gasteiger partial charge in [0.2, 0.25) is 5.91 Å². The van der Waals surface area contributed by atoms with Gasteiger partial charge in [-0.05, 0) is 48.9 Å². The number of rotatable bonds is 3. The Morgan fingerprint density at radius 2 is 2.17 bits per heavy atom. The predicted octanol–water partition coefficient (Wildman–Crippen LogP) is 3.75. The van der Waals surface area contributed by atoms with Crippen LogP contribution in [0.15, 0.2) is 47.6 Å². The van der Waals surface area contributed by atoms with Crippen molar-refractivity contribution in [3.63, 3.8) is 0 Å². The van der Waals surface area contributed by atoms with Gasteiger partial charge in [0, 0.05) is 48.2 Å². The summed E-state index contributed by atoms with van der Waals surface area (Å²) in [5, 5.41) is 9.94. The summed E-state index contributed by atoms with van der Waals surface area (Å²) in [6.07, 6.45) is 4.43. The third-order valence-corrected chi connectivity index (χ3v) is 5.81. The molecule has 0 aliphatic carbocycles. The molecule has 0 atom stereocenters. The molecule has 0 spiro atoms. The summed E-state index contributed by atoms with van der Waals surface area (Å²) in [5.41, 5.74) is 9.19. The first-order chi connectivity index (χ1) is 14.1. The van der Waals surface area contributed by atoms with Gasteiger partial charge in [-0.2, -0.15) is 0 Å². The molecular formula is C21H22N6OS. The Bertz CT molecular complexity index is 1120. The number of carbonyl (C=O) groups excluding carboxylic acids is 1. The van der Waals surface area contributed by atoms with Crippen molar-refractivity contribution in [2.75, 3.05) is 18.5 Å². The highest BCUT2D eigenvalue weighted by molar-refractivity contribution is 8.26. The number of nitrogens with two attached hydrogens (primary N) is 1. The number of aliphatic imine (C=N–C) groups is 1. The van der Waals surface area contributed by atoms with E-state index >= 15 is 0 Å². The molecule has 7 nitrogen and oxygen atoms in total. The minimum Gasteiger partial charge on any atom is -0.378 e. The average molecular weight is 407 g/mol. The SMILES string of the molecule is CN=C(N)SC(=N)c1ccc2[nH]cc(-c3cccc(N4CCCCC4=O)n3)c2c1. The van der Waals surface area contributed by atoms with E-state index in [0.29, 0.717) is 29.0 Å². The summed E-state index contributed by atoms with van der Waals surface area (Å²) >= 11 is 1.13. The number of aromatic amines is 1. The van der Waals surface area contributed by atoms with Crippen molar-refractivity contribution in [2.24, 2.45) is 10.7 Å². The molecule has 1 aliphatic rings. The van der Waals surface area contributed by atoms with Crippen LogP contribution >= 0.6 is 11.8 Å². The number of piperidine rings is 1. The first-order valence-corrected chi connectivity index (χ1v) is 10.3. The van der Waals surface area contributed by atoms with E-state index in [-0.39, 0.29) is 5.91 Å². The van der Waals surface area contributed by atoms with Crippen molar-refractivity contribution in [1.82, 2.24) is 9.97 Å². The standard InChI is InChI=1S/C21H22N6OS/c1-24-21(23)29-20(22)13-8-9-16-14(11-13)15(12-25-16)17-5-4-6-18(26-17)27-10-3-2-7-19(27)28/h4-6,8-9,11-12,22,25H,2-3,7,10H2,1H3,(H2,23,24). The number of hydrogen-bond acceptors (Lipinski definition) is 5. The lowest BCUT2D eigenvalue weighted by Crippen LogP contribution is -2.35. The third kappa shape index (κ3) is 3.88. The Hall–Kier alpha value is -3.13. The lowest BCUT2D eigenvalue weighted by atomic mass is 10.1. The zero-order valence-electron chi connectivity index (χ0n) is 16.1. The second-order valence-corrected chi connectivity index (χ2v) is 7.87. The summed E-state index contributed by atoms with van der Waals surface area (Å²) in [7, 11) is 1.61. The van der Waals surface area contributed by atoms with Gasteiger partial charge in [0.1, 0.15) is 10.9 Å². The Morgan fingerprint density at radius 3 is 2.97 bits per heavy atom. The molecule has 8 heteroatoms. The van der Waals surface area contributed by atoms with E-state index in [1.54, 1.807) is 11.9 Å². The number of carbonyl (C=O) groups is 1. The molecule has 1 amide bonds. The summed E-state index contributed by atoms with van der Waals surface area (Å²) in [5.74, 6) is 0.815. The van der Waals surface area contributed by atoms with Gasteiger partial charge in [0.15, 0.2) is 5.17 Å². The maximum atomic E-state index is 12.3. The van der Waals surface area contributed by atoms with E-state index in [0.717, 1.165) is 52.3 Å². The molecule has 1 saturated heterocycles. The topological polar surface area (TPSA) is 111 Å². The lowest BCUT2D eigenvalue weighted by Gasteiger charge is -2.26. The van der Waals surface area contributed by atoms with Crippen molar-refractivity contribution < 1.29 is 4.79 Å². The maximum Gasteiger partial charge on any atom is 0.228 e. The van der Waals surface area contributed by atoms with E-state index in [1.165, 1.54) is 0 Å². The average Bonchev–Trinajstić information content (AvgIpc) is 3.17. The molecule has 148 valence electrons. The molecule has 0 unspecified atom stereocenters. The smallest absolute Gasteiger partial charge is 0.228 e. The number of anilines is 1. The van der Waals surface area contributed by atoms with E-state index < -0.39 is 0 Å². The Balaban J connectivity index is 1.71. The first-order valence-electron chi connectivity index (χ1n) is 9.45. The second kappa shape index (κ2) is 8.08. The third-order valence-electron chi connectivity index (χ3n) is 4.98. The van der Waals surface area contributed by atoms with Crippen LogP contribution in [0.5, 0.6) is 0 Å². The summed E-state index contributed by atoms with van der Waals surface area (Å²) < 4.78 is 0. The molecule has 1 fully saturated rings. The fourth-order valence-electron chi connectivity index (χ4n) is 3.45. The van der Waals surface area contributed by atoms with Gasteiger partial charge in [0.05, 0.1) is 5.69 Å². The molecule has 2 aromatic heterocycles. The van der Waals surface area contributed by atoms with Gasteiger partial charge in [0.25, 0.3) is 0 Å². The largest absolute Gasteiger partial charge is 0.378 e. The van der Waals surface area contributed by atoms with Gasteiger partial charge in [-0.3, -0.25) is 20.1 Å². The van der Waals surface area contributed by atoms with Crippen molar-refractivity contribution in [1.29, 1.82) is 5.41 Å². The Morgan fingerprint density at radius 1 is 1.31 bits per heavy atom. The quantitative estimate of drug-likeness (QED) is 0.454. The summed E-state index contributed by atoms with van der Waals surface area (Å²) in [6, 6.07) is 11.5. The number of thioether (sulfide) groups is 1. The monoisotopic (exact) mass is 406 g/mol. The van der Waals surface area contributed by atoms with Gasteiger partial charge >= 0.3 is 0 Å².